The molecule has 4 amide bonds. The highest BCUT2D eigenvalue weighted by molar-refractivity contribution is 8.00. The van der Waals surface area contributed by atoms with E-state index in [4.69, 9.17) is 0 Å². The fourth-order valence-corrected chi connectivity index (χ4v) is 8.58. The third kappa shape index (κ3) is 14.6. The highest BCUT2D eigenvalue weighted by Gasteiger charge is 2.42. The number of hydrogen-bond donors (Lipinski definition) is 6. The van der Waals surface area contributed by atoms with Crippen molar-refractivity contribution in [2.45, 2.75) is 152 Å². The quantitative estimate of drug-likeness (QED) is 0.0632. The number of unbranched alkanes of at least 4 members (excludes halogenated alkanes) is 11. The zero-order chi connectivity index (χ0) is 32.3. The number of urea groups is 1. The molecule has 0 aromatic carbocycles. The lowest BCUT2D eigenvalue weighted by molar-refractivity contribution is -0.125. The number of aliphatic hydroxyl groups is 2. The molecule has 0 radical (unpaired) electrons. The summed E-state index contributed by atoms with van der Waals surface area (Å²) in [5, 5.41) is 31.7. The molecule has 3 fully saturated rings. The van der Waals surface area contributed by atoms with E-state index in [9.17, 15) is 29.4 Å². The molecule has 3 aliphatic rings. The van der Waals surface area contributed by atoms with Crippen LogP contribution < -0.4 is 21.3 Å². The van der Waals surface area contributed by atoms with E-state index >= 15 is 0 Å². The van der Waals surface area contributed by atoms with Crippen molar-refractivity contribution < 1.29 is 29.4 Å². The van der Waals surface area contributed by atoms with Crippen molar-refractivity contribution in [3.05, 3.63) is 0 Å². The van der Waals surface area contributed by atoms with Crippen LogP contribution in [-0.2, 0) is 14.4 Å². The maximum atomic E-state index is 12.4. The summed E-state index contributed by atoms with van der Waals surface area (Å²) in [5.41, 5.74) is 0. The number of carbonyl (C=O) groups is 4. The van der Waals surface area contributed by atoms with Gasteiger partial charge in [-0.25, -0.2) is 4.79 Å². The van der Waals surface area contributed by atoms with E-state index in [0.717, 1.165) is 76.5 Å². The Morgan fingerprint density at radius 2 is 1.29 bits per heavy atom. The Morgan fingerprint density at radius 1 is 0.733 bits per heavy atom. The Kier molecular flexibility index (Phi) is 18.3. The average molecular weight is 653 g/mol. The number of amides is 4. The maximum absolute atomic E-state index is 12.4. The van der Waals surface area contributed by atoms with Gasteiger partial charge >= 0.3 is 6.03 Å². The van der Waals surface area contributed by atoms with Gasteiger partial charge in [-0.1, -0.05) is 57.8 Å². The summed E-state index contributed by atoms with van der Waals surface area (Å²) >= 11 is 1.93. The van der Waals surface area contributed by atoms with Crippen LogP contribution in [0, 0.1) is 11.8 Å². The van der Waals surface area contributed by atoms with Gasteiger partial charge in [-0.05, 0) is 57.3 Å². The van der Waals surface area contributed by atoms with Gasteiger partial charge in [0.25, 0.3) is 0 Å². The standard InChI is InChI=1S/C34H60N4O6S/c39-23-25-21-26(40)22-27(25)29(41)15-9-8-14-20-36-31(42)17-10-6-4-2-1-3-5-7-13-19-35-32(43)18-12-11-16-30-33-28(24-45-30)37-34(44)38-33/h25-28,30,33,39-40H,1-24H2,(H,35,43)(H,36,42)(H2,37,38,44)/t25-,26+,27?,28?,30-,33?/m0/s1. The van der Waals surface area contributed by atoms with Gasteiger partial charge < -0.3 is 31.5 Å². The maximum Gasteiger partial charge on any atom is 0.315 e. The summed E-state index contributed by atoms with van der Waals surface area (Å²) in [7, 11) is 0. The Labute approximate surface area is 274 Å². The summed E-state index contributed by atoms with van der Waals surface area (Å²) in [6.45, 7) is 1.38. The smallest absolute Gasteiger partial charge is 0.315 e. The fourth-order valence-electron chi connectivity index (χ4n) is 7.03. The molecule has 0 spiro atoms. The molecule has 2 heterocycles. The van der Waals surface area contributed by atoms with Gasteiger partial charge in [0.05, 0.1) is 18.2 Å². The van der Waals surface area contributed by atoms with E-state index in [0.29, 0.717) is 43.9 Å². The summed E-state index contributed by atoms with van der Waals surface area (Å²) < 4.78 is 0. The number of thioether (sulfide) groups is 1. The van der Waals surface area contributed by atoms with E-state index in [2.05, 4.69) is 21.3 Å². The molecule has 45 heavy (non-hydrogen) atoms. The van der Waals surface area contributed by atoms with Gasteiger partial charge in [0.1, 0.15) is 5.78 Å². The van der Waals surface area contributed by atoms with Gasteiger partial charge in [0.15, 0.2) is 0 Å². The fraction of sp³-hybridized carbons (Fsp3) is 0.882. The third-order valence-corrected chi connectivity index (χ3v) is 11.2. The molecule has 0 bridgehead atoms. The number of carbonyl (C=O) groups excluding carboxylic acids is 4. The first-order valence-electron chi connectivity index (χ1n) is 17.9. The average Bonchev–Trinajstić information content (AvgIpc) is 3.71. The number of hydrogen-bond acceptors (Lipinski definition) is 7. The summed E-state index contributed by atoms with van der Waals surface area (Å²) in [4.78, 5) is 48.0. The molecule has 0 aromatic rings. The van der Waals surface area contributed by atoms with Gasteiger partial charge in [0, 0.05) is 55.9 Å². The SMILES string of the molecule is O=C(CCCCCCCCCCCNC(=O)CCCC[C@@H]1SCC2NC(=O)NC21)NCCCCCC(=O)C1C[C@H](O)C[C@H]1CO. The molecule has 3 rings (SSSR count). The molecule has 258 valence electrons. The van der Waals surface area contributed by atoms with Crippen molar-refractivity contribution in [1.29, 1.82) is 0 Å². The van der Waals surface area contributed by atoms with Gasteiger partial charge in [0.2, 0.25) is 11.8 Å². The molecular weight excluding hydrogens is 592 g/mol. The molecule has 6 N–H and O–H groups in total. The molecule has 1 saturated carbocycles. The van der Waals surface area contributed by atoms with Crippen LogP contribution in [0.25, 0.3) is 0 Å². The molecule has 0 aromatic heterocycles. The van der Waals surface area contributed by atoms with Crippen LogP contribution in [0.4, 0.5) is 4.79 Å². The van der Waals surface area contributed by atoms with E-state index in [1.807, 2.05) is 11.8 Å². The number of nitrogens with one attached hydrogen (secondary N) is 4. The largest absolute Gasteiger partial charge is 0.396 e. The number of fused-ring (bicyclic) bond motifs is 1. The zero-order valence-corrected chi connectivity index (χ0v) is 28.2. The Bertz CT molecular complexity index is 908. The second-order valence-electron chi connectivity index (χ2n) is 13.5. The van der Waals surface area contributed by atoms with E-state index in [-0.39, 0.29) is 54.2 Å². The first-order chi connectivity index (χ1) is 21.9. The second-order valence-corrected chi connectivity index (χ2v) is 14.7. The van der Waals surface area contributed by atoms with Crippen molar-refractivity contribution in [2.24, 2.45) is 11.8 Å². The molecule has 3 unspecified atom stereocenters. The number of ketones is 1. The lowest BCUT2D eigenvalue weighted by atomic mass is 9.90. The molecular formula is C34H60N4O6S. The first kappa shape index (κ1) is 37.6. The van der Waals surface area contributed by atoms with Crippen LogP contribution in [0.1, 0.15) is 128 Å². The molecule has 6 atom stereocenters. The van der Waals surface area contributed by atoms with Crippen LogP contribution in [0.2, 0.25) is 0 Å². The number of aliphatic hydroxyl groups excluding tert-OH is 2. The van der Waals surface area contributed by atoms with Crippen LogP contribution in [-0.4, -0.2) is 82.7 Å². The molecule has 11 heteroatoms. The van der Waals surface area contributed by atoms with Crippen molar-refractivity contribution in [2.75, 3.05) is 25.4 Å². The summed E-state index contributed by atoms with van der Waals surface area (Å²) in [6, 6.07) is 0.469. The monoisotopic (exact) mass is 652 g/mol. The highest BCUT2D eigenvalue weighted by atomic mass is 32.2. The predicted molar refractivity (Wildman–Crippen MR) is 179 cm³/mol. The minimum atomic E-state index is -0.463. The van der Waals surface area contributed by atoms with Crippen molar-refractivity contribution >= 4 is 35.4 Å². The number of rotatable bonds is 25. The third-order valence-electron chi connectivity index (χ3n) is 9.72. The van der Waals surface area contributed by atoms with Crippen molar-refractivity contribution in [3.63, 3.8) is 0 Å². The van der Waals surface area contributed by atoms with Crippen LogP contribution in [0.3, 0.4) is 0 Å². The summed E-state index contributed by atoms with van der Waals surface area (Å²) in [6.07, 6.45) is 17.9. The number of Topliss-reactive ketones (excluding diaryl/α,β-unsaturated/α-hetero) is 1. The molecule has 2 aliphatic heterocycles. The zero-order valence-electron chi connectivity index (χ0n) is 27.4. The van der Waals surface area contributed by atoms with Crippen LogP contribution in [0.5, 0.6) is 0 Å². The lowest BCUT2D eigenvalue weighted by Crippen LogP contribution is -2.36. The minimum absolute atomic E-state index is 0.0324. The van der Waals surface area contributed by atoms with Gasteiger partial charge in [-0.3, -0.25) is 14.4 Å². The van der Waals surface area contributed by atoms with Crippen molar-refractivity contribution in [1.82, 2.24) is 21.3 Å². The van der Waals surface area contributed by atoms with Crippen molar-refractivity contribution in [3.8, 4) is 0 Å². The van der Waals surface area contributed by atoms with Gasteiger partial charge in [-0.15, -0.1) is 0 Å². The topological polar surface area (TPSA) is 157 Å². The predicted octanol–water partition coefficient (Wildman–Crippen LogP) is 4.35. The Balaban J connectivity index is 1.00. The normalized spacial score (nSPS) is 25.5. The van der Waals surface area contributed by atoms with Gasteiger partial charge in [-0.2, -0.15) is 11.8 Å². The molecule has 1 aliphatic carbocycles. The van der Waals surface area contributed by atoms with E-state index in [1.165, 1.54) is 32.1 Å². The summed E-state index contributed by atoms with van der Waals surface area (Å²) in [5.74, 6) is 1.11. The molecule has 2 saturated heterocycles. The molecule has 10 nitrogen and oxygen atoms in total. The Hall–Kier alpha value is -1.85. The lowest BCUT2D eigenvalue weighted by Gasteiger charge is -2.16. The van der Waals surface area contributed by atoms with E-state index < -0.39 is 6.10 Å². The Morgan fingerprint density at radius 3 is 1.93 bits per heavy atom. The highest BCUT2D eigenvalue weighted by Crippen LogP contribution is 2.34. The second kappa shape index (κ2) is 21.9. The minimum Gasteiger partial charge on any atom is -0.396 e. The van der Waals surface area contributed by atoms with E-state index in [1.54, 1.807) is 0 Å². The van der Waals surface area contributed by atoms with Crippen LogP contribution in [0.15, 0.2) is 0 Å². The van der Waals surface area contributed by atoms with Crippen LogP contribution >= 0.6 is 11.8 Å². The first-order valence-corrected chi connectivity index (χ1v) is 19.0.